The van der Waals surface area contributed by atoms with Gasteiger partial charge in [-0.25, -0.2) is 9.79 Å². The summed E-state index contributed by atoms with van der Waals surface area (Å²) in [5.74, 6) is 0.160. The highest BCUT2D eigenvalue weighted by molar-refractivity contribution is 8.16. The number of carbonyl (C=O) groups excluding carboxylic acids is 2. The van der Waals surface area contributed by atoms with E-state index in [9.17, 15) is 9.59 Å². The van der Waals surface area contributed by atoms with E-state index in [2.05, 4.69) is 10.2 Å². The second kappa shape index (κ2) is 12.4. The molecule has 3 aliphatic heterocycles. The summed E-state index contributed by atoms with van der Waals surface area (Å²) in [6.45, 7) is 6.94. The van der Waals surface area contributed by atoms with E-state index >= 15 is 0 Å². The summed E-state index contributed by atoms with van der Waals surface area (Å²) >= 11 is 1.46. The second-order valence-electron chi connectivity index (χ2n) is 8.68. The van der Waals surface area contributed by atoms with Gasteiger partial charge >= 0.3 is 5.97 Å². The summed E-state index contributed by atoms with van der Waals surface area (Å²) in [6.07, 6.45) is 1.65. The summed E-state index contributed by atoms with van der Waals surface area (Å²) in [7, 11) is 2.99. The summed E-state index contributed by atoms with van der Waals surface area (Å²) < 4.78 is 16.2. The van der Waals surface area contributed by atoms with Crippen LogP contribution in [0, 0.1) is 0 Å². The molecule has 3 aliphatic rings. The summed E-state index contributed by atoms with van der Waals surface area (Å²) in [4.78, 5) is 35.0. The van der Waals surface area contributed by atoms with Crippen LogP contribution in [0.15, 0.2) is 51.6 Å². The fraction of sp³-hybridized carbons (Fsp3) is 0.500. The number of amides is 1. The van der Waals surface area contributed by atoms with Crippen molar-refractivity contribution in [3.8, 4) is 5.75 Å². The average Bonchev–Trinajstić information content (AvgIpc) is 3.32. The Morgan fingerprint density at radius 1 is 1.22 bits per heavy atom. The van der Waals surface area contributed by atoms with Gasteiger partial charge in [-0.3, -0.25) is 9.69 Å². The molecule has 10 heteroatoms. The van der Waals surface area contributed by atoms with Gasteiger partial charge in [0.2, 0.25) is 5.91 Å². The maximum Gasteiger partial charge on any atom is 0.338 e. The van der Waals surface area contributed by atoms with E-state index in [0.29, 0.717) is 30.0 Å². The number of methoxy groups -OCH3 is 2. The highest BCUT2D eigenvalue weighted by Gasteiger charge is 2.42. The zero-order valence-corrected chi connectivity index (χ0v) is 21.9. The molecule has 4 rings (SSSR count). The normalized spacial score (nSPS) is 20.0. The van der Waals surface area contributed by atoms with Crippen LogP contribution in [0.3, 0.4) is 0 Å². The number of morpholine rings is 1. The monoisotopic (exact) mass is 514 g/mol. The average molecular weight is 515 g/mol. The van der Waals surface area contributed by atoms with Crippen molar-refractivity contribution in [2.75, 3.05) is 53.6 Å². The lowest BCUT2D eigenvalue weighted by molar-refractivity contribution is -0.136. The first-order chi connectivity index (χ1) is 17.6. The van der Waals surface area contributed by atoms with E-state index < -0.39 is 12.0 Å². The summed E-state index contributed by atoms with van der Waals surface area (Å²) in [5, 5.41) is 5.73. The van der Waals surface area contributed by atoms with Crippen LogP contribution in [0.2, 0.25) is 0 Å². The van der Waals surface area contributed by atoms with Crippen LogP contribution in [0.25, 0.3) is 0 Å². The van der Waals surface area contributed by atoms with Crippen molar-refractivity contribution in [2.24, 2.45) is 4.99 Å². The summed E-state index contributed by atoms with van der Waals surface area (Å²) in [6, 6.07) is 7.11. The molecule has 0 unspecified atom stereocenters. The molecule has 0 radical (unpaired) electrons. The van der Waals surface area contributed by atoms with Gasteiger partial charge in [-0.15, -0.1) is 0 Å². The number of hydrogen-bond donors (Lipinski definition) is 1. The second-order valence-corrected chi connectivity index (χ2v) is 9.51. The molecule has 1 aromatic rings. The van der Waals surface area contributed by atoms with Crippen LogP contribution in [0.5, 0.6) is 5.75 Å². The Balaban J connectivity index is 1.51. The van der Waals surface area contributed by atoms with E-state index in [1.54, 1.807) is 7.11 Å². The highest BCUT2D eigenvalue weighted by atomic mass is 32.2. The fourth-order valence-electron chi connectivity index (χ4n) is 4.68. The highest BCUT2D eigenvalue weighted by Crippen LogP contribution is 2.47. The number of hydrogen-bond acceptors (Lipinski definition) is 9. The molecular weight excluding hydrogens is 480 g/mol. The quantitative estimate of drug-likeness (QED) is 0.376. The molecule has 0 aromatic heterocycles. The number of nitrogens with zero attached hydrogens (tertiary/aromatic N) is 3. The van der Waals surface area contributed by atoms with E-state index in [1.165, 1.54) is 18.9 Å². The lowest BCUT2D eigenvalue weighted by Crippen LogP contribution is -2.39. The molecule has 1 atom stereocenters. The van der Waals surface area contributed by atoms with Crippen LogP contribution in [-0.4, -0.2) is 80.5 Å². The Morgan fingerprint density at radius 2 is 2.00 bits per heavy atom. The minimum atomic E-state index is -0.508. The first kappa shape index (κ1) is 26.2. The Morgan fingerprint density at radius 3 is 2.72 bits per heavy atom. The Hall–Kier alpha value is -2.82. The zero-order valence-electron chi connectivity index (χ0n) is 21.1. The smallest absolute Gasteiger partial charge is 0.338 e. The molecule has 3 heterocycles. The molecule has 9 nitrogen and oxygen atoms in total. The number of rotatable bonds is 10. The minimum absolute atomic E-state index is 0.0614. The molecule has 1 saturated heterocycles. The topological polar surface area (TPSA) is 92.7 Å². The zero-order chi connectivity index (χ0) is 25.5. The van der Waals surface area contributed by atoms with Gasteiger partial charge in [0.25, 0.3) is 0 Å². The Kier molecular flexibility index (Phi) is 9.06. The molecule has 0 saturated carbocycles. The van der Waals surface area contributed by atoms with Crippen molar-refractivity contribution in [3.05, 3.63) is 52.2 Å². The summed E-state index contributed by atoms with van der Waals surface area (Å²) in [5.41, 5.74) is 2.75. The fourth-order valence-corrected chi connectivity index (χ4v) is 5.62. The molecule has 36 heavy (non-hydrogen) atoms. The van der Waals surface area contributed by atoms with Gasteiger partial charge in [0.15, 0.2) is 5.17 Å². The van der Waals surface area contributed by atoms with E-state index in [0.717, 1.165) is 55.7 Å². The lowest BCUT2D eigenvalue weighted by Gasteiger charge is -2.37. The number of para-hydroxylation sites is 1. The van der Waals surface area contributed by atoms with Crippen molar-refractivity contribution in [3.63, 3.8) is 0 Å². The van der Waals surface area contributed by atoms with Crippen LogP contribution in [0.4, 0.5) is 0 Å². The maximum atomic E-state index is 13.0. The molecule has 1 fully saturated rings. The van der Waals surface area contributed by atoms with Gasteiger partial charge in [-0.1, -0.05) is 36.9 Å². The number of esters is 1. The van der Waals surface area contributed by atoms with Crippen LogP contribution < -0.4 is 10.1 Å². The molecule has 194 valence electrons. The van der Waals surface area contributed by atoms with Gasteiger partial charge in [-0.05, 0) is 30.9 Å². The maximum absolute atomic E-state index is 13.0. The third-order valence-electron chi connectivity index (χ3n) is 6.48. The molecule has 1 N–H and O–H groups in total. The number of aliphatic imine (C=N–C) groups is 1. The number of thioether (sulfide) groups is 1. The third-order valence-corrected chi connectivity index (χ3v) is 7.37. The molecule has 1 aromatic carbocycles. The molecule has 0 bridgehead atoms. The number of ether oxygens (including phenoxy) is 3. The van der Waals surface area contributed by atoms with Crippen LogP contribution in [0.1, 0.15) is 37.8 Å². The van der Waals surface area contributed by atoms with Crippen molar-refractivity contribution in [2.45, 2.75) is 32.2 Å². The minimum Gasteiger partial charge on any atom is -0.496 e. The number of allylic oxidation sites excluding steroid dienone is 1. The third kappa shape index (κ3) is 5.77. The van der Waals surface area contributed by atoms with E-state index in [4.69, 9.17) is 19.2 Å². The van der Waals surface area contributed by atoms with E-state index in [-0.39, 0.29) is 12.3 Å². The standard InChI is InChI=1S/C26H34N4O5S/c1-4-20-23(25(32)34-3)24(19-8-5-6-9-21(19)33-2)30-18(17-36-26(30)28-20)16-22(31)27-10-7-11-29-12-14-35-15-13-29/h5-6,8-9,17,24H,4,7,10-16H2,1-3H3,(H,27,31)/t24-/m0/s1. The predicted molar refractivity (Wildman–Crippen MR) is 140 cm³/mol. The molecule has 0 aliphatic carbocycles. The first-order valence-corrected chi connectivity index (χ1v) is 13.2. The molecular formula is C26H34N4O5S. The molecule has 1 amide bonds. The SMILES string of the molecule is CCC1=C(C(=O)OC)[C@H](c2ccccc2OC)N2C(CC(=O)NCCCN3CCOCC3)=CSC2=N1. The van der Waals surface area contributed by atoms with E-state index in [1.807, 2.05) is 41.5 Å². The molecule has 0 spiro atoms. The number of amidine groups is 1. The van der Waals surface area contributed by atoms with Crippen LogP contribution in [-0.2, 0) is 19.1 Å². The van der Waals surface area contributed by atoms with Gasteiger partial charge in [0, 0.05) is 30.9 Å². The Bertz CT molecular complexity index is 1060. The Labute approximate surface area is 216 Å². The number of benzene rings is 1. The van der Waals surface area contributed by atoms with Crippen molar-refractivity contribution in [1.82, 2.24) is 15.1 Å². The first-order valence-electron chi connectivity index (χ1n) is 12.3. The van der Waals surface area contributed by atoms with Crippen molar-refractivity contribution >= 4 is 28.8 Å². The largest absolute Gasteiger partial charge is 0.496 e. The van der Waals surface area contributed by atoms with Crippen molar-refractivity contribution in [1.29, 1.82) is 0 Å². The number of fused-ring (bicyclic) bond motifs is 1. The number of carbonyl (C=O) groups is 2. The predicted octanol–water partition coefficient (Wildman–Crippen LogP) is 3.06. The van der Waals surface area contributed by atoms with Gasteiger partial charge in [-0.2, -0.15) is 0 Å². The van der Waals surface area contributed by atoms with Crippen LogP contribution >= 0.6 is 11.8 Å². The number of nitrogens with one attached hydrogen (secondary N) is 1. The lowest BCUT2D eigenvalue weighted by atomic mass is 9.92. The van der Waals surface area contributed by atoms with Gasteiger partial charge in [0.1, 0.15) is 5.75 Å². The van der Waals surface area contributed by atoms with Gasteiger partial charge in [0.05, 0.1) is 51.2 Å². The van der Waals surface area contributed by atoms with Crippen molar-refractivity contribution < 1.29 is 23.8 Å². The van der Waals surface area contributed by atoms with Gasteiger partial charge < -0.3 is 24.4 Å².